The van der Waals surface area contributed by atoms with Crippen LogP contribution in [0.15, 0.2) is 47.5 Å². The van der Waals surface area contributed by atoms with Crippen molar-refractivity contribution in [3.8, 4) is 5.75 Å². The molecule has 0 radical (unpaired) electrons. The van der Waals surface area contributed by atoms with E-state index < -0.39 is 0 Å². The van der Waals surface area contributed by atoms with Gasteiger partial charge in [0.05, 0.1) is 19.7 Å². The summed E-state index contributed by atoms with van der Waals surface area (Å²) in [5.41, 5.74) is 7.31. The van der Waals surface area contributed by atoms with Crippen LogP contribution in [0.2, 0.25) is 5.02 Å². The Morgan fingerprint density at radius 2 is 2.04 bits per heavy atom. The fourth-order valence-corrected chi connectivity index (χ4v) is 3.63. The van der Waals surface area contributed by atoms with Gasteiger partial charge in [-0.1, -0.05) is 23.7 Å². The lowest BCUT2D eigenvalue weighted by Crippen LogP contribution is -2.31. The molecule has 1 atom stereocenters. The first kappa shape index (κ1) is 19.5. The van der Waals surface area contributed by atoms with Crippen LogP contribution in [0.25, 0.3) is 0 Å². The minimum Gasteiger partial charge on any atom is -0.497 e. The Bertz CT molecular complexity index is 788. The molecule has 144 valence electrons. The number of methoxy groups -OCH3 is 1. The van der Waals surface area contributed by atoms with Gasteiger partial charge < -0.3 is 15.8 Å². The molecule has 1 aliphatic rings. The molecule has 0 spiro atoms. The van der Waals surface area contributed by atoms with Gasteiger partial charge in [-0.25, -0.2) is 4.39 Å². The maximum Gasteiger partial charge on any atom is 0.193 e. The summed E-state index contributed by atoms with van der Waals surface area (Å²) >= 11 is 6.31. The van der Waals surface area contributed by atoms with Crippen LogP contribution in [0.3, 0.4) is 0 Å². The van der Waals surface area contributed by atoms with Gasteiger partial charge in [-0.3, -0.25) is 9.89 Å². The van der Waals surface area contributed by atoms with Gasteiger partial charge in [0.2, 0.25) is 0 Å². The van der Waals surface area contributed by atoms with E-state index in [2.05, 4.69) is 15.2 Å². The molecule has 1 unspecified atom stereocenters. The number of nitrogens with two attached hydrogens (primary N) is 1. The lowest BCUT2D eigenvalue weighted by Gasteiger charge is -2.27. The highest BCUT2D eigenvalue weighted by Gasteiger charge is 2.27. The first-order valence-electron chi connectivity index (χ1n) is 8.97. The fourth-order valence-electron chi connectivity index (χ4n) is 3.34. The van der Waals surface area contributed by atoms with Crippen LogP contribution in [0.1, 0.15) is 24.4 Å². The molecule has 0 amide bonds. The largest absolute Gasteiger partial charge is 0.497 e. The maximum absolute atomic E-state index is 14.5. The SMILES string of the molecule is COc1cccc(NC(N)=NCC(c2c(F)cccc2Cl)N2CCCC2)c1. The zero-order chi connectivity index (χ0) is 19.2. The van der Waals surface area contributed by atoms with Crippen molar-refractivity contribution in [3.05, 3.63) is 58.9 Å². The van der Waals surface area contributed by atoms with Crippen LogP contribution >= 0.6 is 11.6 Å². The number of anilines is 1. The molecule has 1 aliphatic heterocycles. The first-order valence-corrected chi connectivity index (χ1v) is 9.35. The lowest BCUT2D eigenvalue weighted by molar-refractivity contribution is 0.246. The van der Waals surface area contributed by atoms with Crippen molar-refractivity contribution < 1.29 is 9.13 Å². The first-order chi connectivity index (χ1) is 13.1. The number of likely N-dealkylation sites (tertiary alicyclic amines) is 1. The number of hydrogen-bond donors (Lipinski definition) is 2. The zero-order valence-corrected chi connectivity index (χ0v) is 16.0. The second kappa shape index (κ2) is 9.06. The average molecular weight is 391 g/mol. The Morgan fingerprint density at radius 1 is 1.30 bits per heavy atom. The van der Waals surface area contributed by atoms with E-state index in [0.29, 0.717) is 17.1 Å². The number of halogens is 2. The van der Waals surface area contributed by atoms with Crippen molar-refractivity contribution in [3.63, 3.8) is 0 Å². The second-order valence-corrected chi connectivity index (χ2v) is 6.88. The number of ether oxygens (including phenoxy) is 1. The Hall–Kier alpha value is -2.31. The van der Waals surface area contributed by atoms with Crippen LogP contribution in [0.5, 0.6) is 5.75 Å². The minimum absolute atomic E-state index is 0.244. The molecule has 7 heteroatoms. The van der Waals surface area contributed by atoms with E-state index in [0.717, 1.165) is 37.4 Å². The summed E-state index contributed by atoms with van der Waals surface area (Å²) in [5, 5.41) is 3.46. The number of guanidine groups is 1. The molecule has 1 heterocycles. The van der Waals surface area contributed by atoms with E-state index in [1.807, 2.05) is 24.3 Å². The number of nitrogens with zero attached hydrogens (tertiary/aromatic N) is 2. The summed E-state index contributed by atoms with van der Waals surface area (Å²) in [6, 6.07) is 11.9. The summed E-state index contributed by atoms with van der Waals surface area (Å²) in [7, 11) is 1.61. The number of rotatable bonds is 6. The zero-order valence-electron chi connectivity index (χ0n) is 15.3. The van der Waals surface area contributed by atoms with E-state index >= 15 is 0 Å². The van der Waals surface area contributed by atoms with Gasteiger partial charge in [-0.2, -0.15) is 0 Å². The standard InChI is InChI=1S/C20H24ClFN4O/c1-27-15-7-4-6-14(12-15)25-20(23)24-13-18(26-10-2-3-11-26)19-16(21)8-5-9-17(19)22/h4-9,12,18H,2-3,10-11,13H2,1H3,(H3,23,24,25). The summed E-state index contributed by atoms with van der Waals surface area (Å²) in [6.45, 7) is 2.12. The van der Waals surface area contributed by atoms with Gasteiger partial charge in [-0.15, -0.1) is 0 Å². The molecule has 0 aliphatic carbocycles. The molecule has 27 heavy (non-hydrogen) atoms. The fraction of sp³-hybridized carbons (Fsp3) is 0.350. The molecule has 5 nitrogen and oxygen atoms in total. The van der Waals surface area contributed by atoms with Crippen LogP contribution in [0.4, 0.5) is 10.1 Å². The third-order valence-electron chi connectivity index (χ3n) is 4.69. The molecular formula is C20H24ClFN4O. The van der Waals surface area contributed by atoms with Crippen LogP contribution in [0, 0.1) is 5.82 Å². The molecule has 3 rings (SSSR count). The molecule has 0 saturated carbocycles. The monoisotopic (exact) mass is 390 g/mol. The lowest BCUT2D eigenvalue weighted by atomic mass is 10.0. The van der Waals surface area contributed by atoms with E-state index in [1.54, 1.807) is 19.2 Å². The van der Waals surface area contributed by atoms with Gasteiger partial charge in [0, 0.05) is 22.3 Å². The molecule has 2 aromatic carbocycles. The number of nitrogens with one attached hydrogen (secondary N) is 1. The van der Waals surface area contributed by atoms with Crippen molar-refractivity contribution in [2.45, 2.75) is 18.9 Å². The topological polar surface area (TPSA) is 62.9 Å². The summed E-state index contributed by atoms with van der Waals surface area (Å²) in [5.74, 6) is 0.676. The van der Waals surface area contributed by atoms with E-state index in [4.69, 9.17) is 22.1 Å². The van der Waals surface area contributed by atoms with Crippen molar-refractivity contribution in [1.82, 2.24) is 4.90 Å². The number of benzene rings is 2. The van der Waals surface area contributed by atoms with Crippen molar-refractivity contribution in [2.75, 3.05) is 32.1 Å². The molecule has 3 N–H and O–H groups in total. The molecule has 1 fully saturated rings. The summed E-state index contributed by atoms with van der Waals surface area (Å²) in [4.78, 5) is 6.67. The average Bonchev–Trinajstić information content (AvgIpc) is 3.18. The van der Waals surface area contributed by atoms with Crippen molar-refractivity contribution in [2.24, 2.45) is 10.7 Å². The van der Waals surface area contributed by atoms with Gasteiger partial charge in [0.1, 0.15) is 11.6 Å². The van der Waals surface area contributed by atoms with Crippen LogP contribution < -0.4 is 15.8 Å². The third-order valence-corrected chi connectivity index (χ3v) is 5.02. The highest BCUT2D eigenvalue weighted by molar-refractivity contribution is 6.31. The predicted molar refractivity (Wildman–Crippen MR) is 108 cm³/mol. The maximum atomic E-state index is 14.5. The smallest absolute Gasteiger partial charge is 0.193 e. The molecule has 0 bridgehead atoms. The Labute approximate surface area is 164 Å². The Balaban J connectivity index is 1.78. The van der Waals surface area contributed by atoms with Gasteiger partial charge in [-0.05, 0) is 50.2 Å². The summed E-state index contributed by atoms with van der Waals surface area (Å²) in [6.07, 6.45) is 2.17. The molecule has 1 saturated heterocycles. The highest BCUT2D eigenvalue weighted by Crippen LogP contribution is 2.32. The van der Waals surface area contributed by atoms with Gasteiger partial charge >= 0.3 is 0 Å². The quantitative estimate of drug-likeness (QED) is 0.577. The highest BCUT2D eigenvalue weighted by atomic mass is 35.5. The Kier molecular flexibility index (Phi) is 6.53. The van der Waals surface area contributed by atoms with E-state index in [1.165, 1.54) is 6.07 Å². The van der Waals surface area contributed by atoms with Gasteiger partial charge in [0.25, 0.3) is 0 Å². The normalized spacial score (nSPS) is 16.3. The van der Waals surface area contributed by atoms with Crippen LogP contribution in [-0.4, -0.2) is 37.6 Å². The number of aliphatic imine (C=N–C) groups is 1. The summed E-state index contributed by atoms with van der Waals surface area (Å²) < 4.78 is 19.7. The Morgan fingerprint density at radius 3 is 2.74 bits per heavy atom. The second-order valence-electron chi connectivity index (χ2n) is 6.48. The molecule has 0 aromatic heterocycles. The van der Waals surface area contributed by atoms with Gasteiger partial charge in [0.15, 0.2) is 5.96 Å². The van der Waals surface area contributed by atoms with Crippen molar-refractivity contribution >= 4 is 23.2 Å². The number of hydrogen-bond acceptors (Lipinski definition) is 3. The molecule has 2 aromatic rings. The van der Waals surface area contributed by atoms with E-state index in [9.17, 15) is 4.39 Å². The van der Waals surface area contributed by atoms with Crippen molar-refractivity contribution in [1.29, 1.82) is 0 Å². The van der Waals surface area contributed by atoms with Crippen LogP contribution in [-0.2, 0) is 0 Å². The van der Waals surface area contributed by atoms with E-state index in [-0.39, 0.29) is 17.8 Å². The molecular weight excluding hydrogens is 367 g/mol. The minimum atomic E-state index is -0.311. The third kappa shape index (κ3) is 4.90. The predicted octanol–water partition coefficient (Wildman–Crippen LogP) is 4.05.